The zero-order chi connectivity index (χ0) is 11.8. The van der Waals surface area contributed by atoms with Gasteiger partial charge >= 0.3 is 5.97 Å². The quantitative estimate of drug-likeness (QED) is 0.709. The van der Waals surface area contributed by atoms with Crippen molar-refractivity contribution >= 4 is 12.0 Å². The van der Waals surface area contributed by atoms with Crippen LogP contribution in [0.1, 0.15) is 25.8 Å². The second-order valence-electron chi connectivity index (χ2n) is 3.70. The number of hydrogen-bond donors (Lipinski definition) is 0. The summed E-state index contributed by atoms with van der Waals surface area (Å²) in [5.41, 5.74) is 1.15. The van der Waals surface area contributed by atoms with Gasteiger partial charge in [-0.15, -0.1) is 0 Å². The van der Waals surface area contributed by atoms with Crippen molar-refractivity contribution in [2.75, 3.05) is 6.61 Å². The van der Waals surface area contributed by atoms with E-state index in [1.54, 1.807) is 0 Å². The molecule has 0 aromatic heterocycles. The Morgan fingerprint density at radius 3 is 2.69 bits per heavy atom. The molecule has 86 valence electrons. The van der Waals surface area contributed by atoms with Crippen molar-refractivity contribution in [1.29, 1.82) is 0 Å². The van der Waals surface area contributed by atoms with Crippen molar-refractivity contribution in [2.45, 2.75) is 20.3 Å². The van der Waals surface area contributed by atoms with E-state index in [4.69, 9.17) is 4.74 Å². The van der Waals surface area contributed by atoms with Gasteiger partial charge in [-0.2, -0.15) is 0 Å². The standard InChI is InChI=1S/C14H18O2/c1-3-16-14(15)12(2)8-7-11-13-9-5-4-6-10-13/h4-7,9-12H,3,8H2,1-2H3/b11-7+. The lowest BCUT2D eigenvalue weighted by atomic mass is 10.1. The van der Waals surface area contributed by atoms with E-state index in [-0.39, 0.29) is 11.9 Å². The summed E-state index contributed by atoms with van der Waals surface area (Å²) in [4.78, 5) is 11.3. The van der Waals surface area contributed by atoms with Crippen LogP contribution < -0.4 is 0 Å². The number of benzene rings is 1. The molecule has 0 N–H and O–H groups in total. The summed E-state index contributed by atoms with van der Waals surface area (Å²) in [5, 5.41) is 0. The highest BCUT2D eigenvalue weighted by atomic mass is 16.5. The molecule has 0 bridgehead atoms. The normalized spacial score (nSPS) is 12.6. The highest BCUT2D eigenvalue weighted by molar-refractivity contribution is 5.72. The molecule has 1 aromatic carbocycles. The van der Waals surface area contributed by atoms with E-state index in [2.05, 4.69) is 0 Å². The van der Waals surface area contributed by atoms with Gasteiger partial charge in [0.15, 0.2) is 0 Å². The van der Waals surface area contributed by atoms with Crippen molar-refractivity contribution in [2.24, 2.45) is 5.92 Å². The molecule has 16 heavy (non-hydrogen) atoms. The van der Waals surface area contributed by atoms with E-state index in [1.807, 2.05) is 56.3 Å². The Hall–Kier alpha value is -1.57. The zero-order valence-electron chi connectivity index (χ0n) is 9.85. The Morgan fingerprint density at radius 2 is 2.06 bits per heavy atom. The van der Waals surface area contributed by atoms with E-state index in [0.717, 1.165) is 5.56 Å². The summed E-state index contributed by atoms with van der Waals surface area (Å²) >= 11 is 0. The molecule has 0 fully saturated rings. The van der Waals surface area contributed by atoms with E-state index >= 15 is 0 Å². The van der Waals surface area contributed by atoms with Gasteiger partial charge in [0.25, 0.3) is 0 Å². The molecular weight excluding hydrogens is 200 g/mol. The SMILES string of the molecule is CCOC(=O)C(C)C/C=C/c1ccccc1. The Bertz CT molecular complexity index is 341. The minimum atomic E-state index is -0.125. The predicted molar refractivity (Wildman–Crippen MR) is 65.9 cm³/mol. The van der Waals surface area contributed by atoms with Crippen LogP contribution in [0.4, 0.5) is 0 Å². The number of rotatable bonds is 5. The predicted octanol–water partition coefficient (Wildman–Crippen LogP) is 3.29. The first-order valence-corrected chi connectivity index (χ1v) is 5.62. The van der Waals surface area contributed by atoms with Crippen LogP contribution in [0.5, 0.6) is 0 Å². The Balaban J connectivity index is 2.40. The number of esters is 1. The van der Waals surface area contributed by atoms with Crippen molar-refractivity contribution < 1.29 is 9.53 Å². The molecule has 2 nitrogen and oxygen atoms in total. The fourth-order valence-corrected chi connectivity index (χ4v) is 1.35. The van der Waals surface area contributed by atoms with Crippen LogP contribution in [0.3, 0.4) is 0 Å². The van der Waals surface area contributed by atoms with Gasteiger partial charge in [0.05, 0.1) is 12.5 Å². The Labute approximate surface area is 96.9 Å². The van der Waals surface area contributed by atoms with Gasteiger partial charge < -0.3 is 4.74 Å². The van der Waals surface area contributed by atoms with Crippen molar-refractivity contribution in [3.63, 3.8) is 0 Å². The second kappa shape index (κ2) is 6.83. The van der Waals surface area contributed by atoms with Gasteiger partial charge in [-0.25, -0.2) is 0 Å². The minimum absolute atomic E-state index is 0.0695. The molecular formula is C14H18O2. The molecule has 0 heterocycles. The first-order chi connectivity index (χ1) is 7.74. The van der Waals surface area contributed by atoms with Crippen LogP contribution in [0.2, 0.25) is 0 Å². The largest absolute Gasteiger partial charge is 0.466 e. The first kappa shape index (κ1) is 12.5. The van der Waals surface area contributed by atoms with E-state index in [9.17, 15) is 4.79 Å². The molecule has 1 atom stereocenters. The van der Waals surface area contributed by atoms with E-state index in [1.165, 1.54) is 0 Å². The number of carbonyl (C=O) groups is 1. The number of carbonyl (C=O) groups excluding carboxylic acids is 1. The van der Waals surface area contributed by atoms with Crippen molar-refractivity contribution in [1.82, 2.24) is 0 Å². The zero-order valence-corrected chi connectivity index (χ0v) is 9.85. The molecule has 0 saturated heterocycles. The van der Waals surface area contributed by atoms with Crippen LogP contribution in [0.25, 0.3) is 6.08 Å². The summed E-state index contributed by atoms with van der Waals surface area (Å²) in [6.07, 6.45) is 4.75. The topological polar surface area (TPSA) is 26.3 Å². The number of ether oxygens (including phenoxy) is 1. The Kier molecular flexibility index (Phi) is 5.34. The molecule has 2 heteroatoms. The molecule has 0 spiro atoms. The van der Waals surface area contributed by atoms with Crippen LogP contribution in [-0.4, -0.2) is 12.6 Å². The minimum Gasteiger partial charge on any atom is -0.466 e. The van der Waals surface area contributed by atoms with Gasteiger partial charge in [-0.1, -0.05) is 49.4 Å². The average molecular weight is 218 g/mol. The highest BCUT2D eigenvalue weighted by Gasteiger charge is 2.11. The third-order valence-corrected chi connectivity index (χ3v) is 2.29. The fraction of sp³-hybridized carbons (Fsp3) is 0.357. The second-order valence-corrected chi connectivity index (χ2v) is 3.70. The summed E-state index contributed by atoms with van der Waals surface area (Å²) in [6, 6.07) is 10.0. The summed E-state index contributed by atoms with van der Waals surface area (Å²) in [7, 11) is 0. The van der Waals surface area contributed by atoms with Crippen LogP contribution in [0.15, 0.2) is 36.4 Å². The molecule has 1 rings (SSSR count). The van der Waals surface area contributed by atoms with Gasteiger partial charge in [0.1, 0.15) is 0 Å². The molecule has 0 amide bonds. The first-order valence-electron chi connectivity index (χ1n) is 5.62. The Morgan fingerprint density at radius 1 is 1.38 bits per heavy atom. The summed E-state index contributed by atoms with van der Waals surface area (Å²) in [6.45, 7) is 4.16. The number of allylic oxidation sites excluding steroid dienone is 1. The van der Waals surface area contributed by atoms with Crippen LogP contribution in [0, 0.1) is 5.92 Å². The third-order valence-electron chi connectivity index (χ3n) is 2.29. The van der Waals surface area contributed by atoms with Crippen LogP contribution in [-0.2, 0) is 9.53 Å². The maximum Gasteiger partial charge on any atom is 0.308 e. The summed E-state index contributed by atoms with van der Waals surface area (Å²) in [5.74, 6) is -0.194. The fourth-order valence-electron chi connectivity index (χ4n) is 1.35. The average Bonchev–Trinajstić information content (AvgIpc) is 2.30. The maximum atomic E-state index is 11.3. The monoisotopic (exact) mass is 218 g/mol. The van der Waals surface area contributed by atoms with Gasteiger partial charge in [0.2, 0.25) is 0 Å². The molecule has 0 aliphatic heterocycles. The number of hydrogen-bond acceptors (Lipinski definition) is 2. The smallest absolute Gasteiger partial charge is 0.308 e. The summed E-state index contributed by atoms with van der Waals surface area (Å²) < 4.78 is 4.93. The van der Waals surface area contributed by atoms with Gasteiger partial charge in [0, 0.05) is 0 Å². The van der Waals surface area contributed by atoms with Gasteiger partial charge in [-0.05, 0) is 18.9 Å². The molecule has 0 aliphatic carbocycles. The third kappa shape index (κ3) is 4.30. The van der Waals surface area contributed by atoms with Gasteiger partial charge in [-0.3, -0.25) is 4.79 Å². The molecule has 0 aliphatic rings. The lowest BCUT2D eigenvalue weighted by Gasteiger charge is -2.06. The van der Waals surface area contributed by atoms with E-state index < -0.39 is 0 Å². The molecule has 0 radical (unpaired) electrons. The lowest BCUT2D eigenvalue weighted by Crippen LogP contribution is -2.13. The maximum absolute atomic E-state index is 11.3. The lowest BCUT2D eigenvalue weighted by molar-refractivity contribution is -0.147. The molecule has 0 saturated carbocycles. The van der Waals surface area contributed by atoms with E-state index in [0.29, 0.717) is 13.0 Å². The molecule has 1 unspecified atom stereocenters. The highest BCUT2D eigenvalue weighted by Crippen LogP contribution is 2.08. The van der Waals surface area contributed by atoms with Crippen LogP contribution >= 0.6 is 0 Å². The van der Waals surface area contributed by atoms with Crippen molar-refractivity contribution in [3.8, 4) is 0 Å². The van der Waals surface area contributed by atoms with Crippen molar-refractivity contribution in [3.05, 3.63) is 42.0 Å². The molecule has 1 aromatic rings.